The largest absolute Gasteiger partial charge is 0.353 e. The van der Waals surface area contributed by atoms with E-state index in [0.29, 0.717) is 6.54 Å². The van der Waals surface area contributed by atoms with E-state index in [1.54, 1.807) is 0 Å². The highest BCUT2D eigenvalue weighted by Gasteiger charge is 2.16. The van der Waals surface area contributed by atoms with Gasteiger partial charge in [-0.2, -0.15) is 0 Å². The minimum Gasteiger partial charge on any atom is -0.353 e. The molecule has 0 saturated carbocycles. The summed E-state index contributed by atoms with van der Waals surface area (Å²) in [5.41, 5.74) is 0.857. The second-order valence-electron chi connectivity index (χ2n) is 4.22. The SMILES string of the molecule is Cn1cccc1CNC(=O)c1ccc(Cl)c([N+](=O)[O-])c1. The minimum absolute atomic E-state index is 0.00832. The predicted molar refractivity (Wildman–Crippen MR) is 74.7 cm³/mol. The van der Waals surface area contributed by atoms with Crippen LogP contribution < -0.4 is 5.32 Å². The van der Waals surface area contributed by atoms with Crippen LogP contribution in [0.4, 0.5) is 5.69 Å². The zero-order chi connectivity index (χ0) is 14.7. The van der Waals surface area contributed by atoms with Crippen molar-refractivity contribution in [1.29, 1.82) is 0 Å². The summed E-state index contributed by atoms with van der Waals surface area (Å²) in [5, 5.41) is 13.5. The molecule has 1 N–H and O–H groups in total. The first kappa shape index (κ1) is 14.1. The molecule has 0 saturated heterocycles. The van der Waals surface area contributed by atoms with Gasteiger partial charge in [0.15, 0.2) is 0 Å². The fraction of sp³-hybridized carbons (Fsp3) is 0.154. The van der Waals surface area contributed by atoms with Gasteiger partial charge >= 0.3 is 0 Å². The number of carbonyl (C=O) groups excluding carboxylic acids is 1. The van der Waals surface area contributed by atoms with Gasteiger partial charge in [0.1, 0.15) is 5.02 Å². The van der Waals surface area contributed by atoms with Crippen LogP contribution in [0, 0.1) is 10.1 Å². The Morgan fingerprint density at radius 1 is 1.45 bits per heavy atom. The van der Waals surface area contributed by atoms with Gasteiger partial charge in [-0.05, 0) is 24.3 Å². The lowest BCUT2D eigenvalue weighted by Gasteiger charge is -2.06. The molecule has 0 aliphatic heterocycles. The van der Waals surface area contributed by atoms with E-state index in [2.05, 4.69) is 5.32 Å². The third kappa shape index (κ3) is 2.97. The van der Waals surface area contributed by atoms with Crippen molar-refractivity contribution in [2.45, 2.75) is 6.54 Å². The Morgan fingerprint density at radius 2 is 2.20 bits per heavy atom. The van der Waals surface area contributed by atoms with E-state index in [1.165, 1.54) is 18.2 Å². The lowest BCUT2D eigenvalue weighted by molar-refractivity contribution is -0.384. The summed E-state index contributed by atoms with van der Waals surface area (Å²) >= 11 is 5.70. The van der Waals surface area contributed by atoms with Crippen LogP contribution in [-0.4, -0.2) is 15.4 Å². The molecule has 7 heteroatoms. The number of nitrogens with one attached hydrogen (secondary N) is 1. The number of rotatable bonds is 4. The summed E-state index contributed by atoms with van der Waals surface area (Å²) < 4.78 is 1.88. The quantitative estimate of drug-likeness (QED) is 0.695. The molecule has 1 aromatic carbocycles. The molecule has 0 aliphatic carbocycles. The second-order valence-corrected chi connectivity index (χ2v) is 4.62. The van der Waals surface area contributed by atoms with Gasteiger partial charge < -0.3 is 9.88 Å². The number of aryl methyl sites for hydroxylation is 1. The summed E-state index contributed by atoms with van der Waals surface area (Å²) in [6, 6.07) is 7.72. The van der Waals surface area contributed by atoms with Crippen molar-refractivity contribution in [3.63, 3.8) is 0 Å². The number of carbonyl (C=O) groups is 1. The first-order valence-electron chi connectivity index (χ1n) is 5.81. The smallest absolute Gasteiger partial charge is 0.288 e. The van der Waals surface area contributed by atoms with Gasteiger partial charge in [0.25, 0.3) is 11.6 Å². The Balaban J connectivity index is 2.12. The molecule has 1 heterocycles. The van der Waals surface area contributed by atoms with Crippen molar-refractivity contribution in [2.24, 2.45) is 7.05 Å². The summed E-state index contributed by atoms with van der Waals surface area (Å²) in [6.07, 6.45) is 1.87. The molecule has 0 atom stereocenters. The Labute approximate surface area is 120 Å². The first-order valence-corrected chi connectivity index (χ1v) is 6.19. The normalized spacial score (nSPS) is 10.3. The third-order valence-corrected chi connectivity index (χ3v) is 3.21. The average molecular weight is 294 g/mol. The molecule has 0 fully saturated rings. The Hall–Kier alpha value is -2.34. The van der Waals surface area contributed by atoms with Gasteiger partial charge in [-0.25, -0.2) is 0 Å². The van der Waals surface area contributed by atoms with Gasteiger partial charge in [-0.1, -0.05) is 11.6 Å². The second kappa shape index (κ2) is 5.75. The molecule has 0 radical (unpaired) electrons. The number of nitrogens with zero attached hydrogens (tertiary/aromatic N) is 2. The number of benzene rings is 1. The molecule has 20 heavy (non-hydrogen) atoms. The van der Waals surface area contributed by atoms with Crippen LogP contribution in [0.15, 0.2) is 36.5 Å². The van der Waals surface area contributed by atoms with E-state index in [0.717, 1.165) is 5.69 Å². The van der Waals surface area contributed by atoms with Crippen LogP contribution in [0.5, 0.6) is 0 Å². The lowest BCUT2D eigenvalue weighted by atomic mass is 10.2. The van der Waals surface area contributed by atoms with Crippen LogP contribution in [0.2, 0.25) is 5.02 Å². The maximum Gasteiger partial charge on any atom is 0.288 e. The van der Waals surface area contributed by atoms with Gasteiger partial charge in [0.05, 0.1) is 11.5 Å². The van der Waals surface area contributed by atoms with Crippen molar-refractivity contribution < 1.29 is 9.72 Å². The van der Waals surface area contributed by atoms with E-state index in [4.69, 9.17) is 11.6 Å². The van der Waals surface area contributed by atoms with Gasteiger partial charge in [-0.15, -0.1) is 0 Å². The summed E-state index contributed by atoms with van der Waals surface area (Å²) in [7, 11) is 1.87. The first-order chi connectivity index (χ1) is 9.49. The van der Waals surface area contributed by atoms with E-state index >= 15 is 0 Å². The number of halogens is 1. The maximum atomic E-state index is 12.0. The highest BCUT2D eigenvalue weighted by Crippen LogP contribution is 2.24. The van der Waals surface area contributed by atoms with Crippen molar-refractivity contribution in [1.82, 2.24) is 9.88 Å². The Kier molecular flexibility index (Phi) is 4.05. The van der Waals surface area contributed by atoms with E-state index < -0.39 is 4.92 Å². The monoisotopic (exact) mass is 293 g/mol. The molecule has 0 bridgehead atoms. The Bertz CT molecular complexity index is 667. The van der Waals surface area contributed by atoms with E-state index in [-0.39, 0.29) is 22.2 Å². The van der Waals surface area contributed by atoms with Gasteiger partial charge in [0, 0.05) is 30.6 Å². The molecule has 104 valence electrons. The summed E-state index contributed by atoms with van der Waals surface area (Å²) in [5.74, 6) is -0.383. The van der Waals surface area contributed by atoms with Crippen LogP contribution in [0.3, 0.4) is 0 Å². The summed E-state index contributed by atoms with van der Waals surface area (Å²) in [6.45, 7) is 0.346. The third-order valence-electron chi connectivity index (χ3n) is 2.89. The number of amides is 1. The standard InChI is InChI=1S/C13H12ClN3O3/c1-16-6-2-3-10(16)8-15-13(18)9-4-5-11(14)12(7-9)17(19)20/h2-7H,8H2,1H3,(H,15,18). The molecular weight excluding hydrogens is 282 g/mol. The van der Waals surface area contributed by atoms with Crippen molar-refractivity contribution >= 4 is 23.2 Å². The lowest BCUT2D eigenvalue weighted by Crippen LogP contribution is -2.23. The van der Waals surface area contributed by atoms with Crippen LogP contribution in [-0.2, 0) is 13.6 Å². The molecule has 6 nitrogen and oxygen atoms in total. The summed E-state index contributed by atoms with van der Waals surface area (Å²) in [4.78, 5) is 22.1. The topological polar surface area (TPSA) is 77.2 Å². The zero-order valence-corrected chi connectivity index (χ0v) is 11.4. The van der Waals surface area contributed by atoms with Crippen molar-refractivity contribution in [3.05, 3.63) is 62.9 Å². The molecule has 1 amide bonds. The van der Waals surface area contributed by atoms with E-state index in [9.17, 15) is 14.9 Å². The highest BCUT2D eigenvalue weighted by molar-refractivity contribution is 6.32. The molecule has 1 aromatic heterocycles. The van der Waals surface area contributed by atoms with Gasteiger partial charge in [-0.3, -0.25) is 14.9 Å². The van der Waals surface area contributed by atoms with Crippen molar-refractivity contribution in [3.8, 4) is 0 Å². The molecule has 2 rings (SSSR count). The molecule has 0 aliphatic rings. The number of nitro benzene ring substituents is 1. The number of hydrogen-bond acceptors (Lipinski definition) is 3. The maximum absolute atomic E-state index is 12.0. The van der Waals surface area contributed by atoms with Crippen LogP contribution in [0.1, 0.15) is 16.1 Å². The highest BCUT2D eigenvalue weighted by atomic mass is 35.5. The number of hydrogen-bond donors (Lipinski definition) is 1. The molecular formula is C13H12ClN3O3. The van der Waals surface area contributed by atoms with Crippen LogP contribution >= 0.6 is 11.6 Å². The molecule has 2 aromatic rings. The number of aromatic nitrogens is 1. The zero-order valence-electron chi connectivity index (χ0n) is 10.7. The Morgan fingerprint density at radius 3 is 2.80 bits per heavy atom. The van der Waals surface area contributed by atoms with Crippen LogP contribution in [0.25, 0.3) is 0 Å². The fourth-order valence-corrected chi connectivity index (χ4v) is 1.93. The van der Waals surface area contributed by atoms with Gasteiger partial charge in [0.2, 0.25) is 0 Å². The van der Waals surface area contributed by atoms with Crippen molar-refractivity contribution in [2.75, 3.05) is 0 Å². The predicted octanol–water partition coefficient (Wildman–Crippen LogP) is 2.52. The minimum atomic E-state index is -0.615. The number of nitro groups is 1. The molecule has 0 spiro atoms. The van der Waals surface area contributed by atoms with E-state index in [1.807, 2.05) is 29.9 Å². The fourth-order valence-electron chi connectivity index (χ4n) is 1.75. The molecule has 0 unspecified atom stereocenters. The average Bonchev–Trinajstić information content (AvgIpc) is 2.81.